The minimum Gasteiger partial charge on any atom is -0.389 e. The SMILES string of the molecule is COCCN(C)S(=O)(=O)c1ccc(/C(=N\O[C@@H]2CCOC2)C(=O)Nc2ncc(C)s2)cc1. The Labute approximate surface area is 191 Å². The van der Waals surface area contributed by atoms with Crippen molar-refractivity contribution in [3.63, 3.8) is 0 Å². The smallest absolute Gasteiger partial charge is 0.280 e. The number of aryl methyl sites for hydroxylation is 1. The quantitative estimate of drug-likeness (QED) is 0.405. The minimum atomic E-state index is -3.69. The number of benzene rings is 1. The van der Waals surface area contributed by atoms with Crippen molar-refractivity contribution in [3.8, 4) is 0 Å². The van der Waals surface area contributed by atoms with E-state index < -0.39 is 15.9 Å². The Morgan fingerprint density at radius 3 is 2.72 bits per heavy atom. The number of thiazole rings is 1. The first-order valence-electron chi connectivity index (χ1n) is 9.92. The molecule has 1 fully saturated rings. The van der Waals surface area contributed by atoms with Crippen molar-refractivity contribution in [2.24, 2.45) is 5.16 Å². The van der Waals surface area contributed by atoms with Crippen LogP contribution < -0.4 is 5.32 Å². The molecule has 10 nitrogen and oxygen atoms in total. The molecule has 12 heteroatoms. The van der Waals surface area contributed by atoms with E-state index in [4.69, 9.17) is 14.3 Å². The molecule has 0 saturated carbocycles. The van der Waals surface area contributed by atoms with Gasteiger partial charge in [-0.2, -0.15) is 4.31 Å². The molecule has 0 aliphatic carbocycles. The van der Waals surface area contributed by atoms with Crippen LogP contribution in [-0.4, -0.2) is 76.0 Å². The number of aromatic nitrogens is 1. The lowest BCUT2D eigenvalue weighted by Crippen LogP contribution is -2.30. The largest absolute Gasteiger partial charge is 0.389 e. The van der Waals surface area contributed by atoms with E-state index in [1.165, 1.54) is 54.1 Å². The molecule has 0 bridgehead atoms. The molecule has 1 saturated heterocycles. The topological polar surface area (TPSA) is 119 Å². The van der Waals surface area contributed by atoms with Gasteiger partial charge in [0.05, 0.1) is 24.7 Å². The normalized spacial score (nSPS) is 17.0. The lowest BCUT2D eigenvalue weighted by molar-refractivity contribution is -0.110. The van der Waals surface area contributed by atoms with Crippen LogP contribution in [0.1, 0.15) is 16.9 Å². The Morgan fingerprint density at radius 2 is 2.12 bits per heavy atom. The number of amides is 1. The monoisotopic (exact) mass is 482 g/mol. The average molecular weight is 483 g/mol. The summed E-state index contributed by atoms with van der Waals surface area (Å²) < 4.78 is 36.9. The summed E-state index contributed by atoms with van der Waals surface area (Å²) in [4.78, 5) is 23.6. The molecule has 1 aromatic heterocycles. The maximum absolute atomic E-state index is 12.9. The van der Waals surface area contributed by atoms with E-state index >= 15 is 0 Å². The average Bonchev–Trinajstić information content (AvgIpc) is 3.44. The van der Waals surface area contributed by atoms with Crippen LogP contribution in [-0.2, 0) is 29.1 Å². The molecule has 2 aromatic rings. The Hall–Kier alpha value is -2.38. The second-order valence-electron chi connectivity index (χ2n) is 7.10. The molecule has 0 spiro atoms. The molecule has 1 N–H and O–H groups in total. The highest BCUT2D eigenvalue weighted by Gasteiger charge is 2.23. The number of nitrogens with zero attached hydrogens (tertiary/aromatic N) is 3. The molecule has 174 valence electrons. The van der Waals surface area contributed by atoms with Crippen LogP contribution in [0, 0.1) is 6.92 Å². The van der Waals surface area contributed by atoms with E-state index in [-0.39, 0.29) is 29.9 Å². The fraction of sp³-hybridized carbons (Fsp3) is 0.450. The van der Waals surface area contributed by atoms with Crippen LogP contribution in [0.4, 0.5) is 5.13 Å². The van der Waals surface area contributed by atoms with Crippen molar-refractivity contribution in [2.45, 2.75) is 24.3 Å². The molecule has 32 heavy (non-hydrogen) atoms. The summed E-state index contributed by atoms with van der Waals surface area (Å²) in [6.07, 6.45) is 2.09. The molecular formula is C20H26N4O6S2. The van der Waals surface area contributed by atoms with Crippen molar-refractivity contribution in [3.05, 3.63) is 40.9 Å². The molecular weight excluding hydrogens is 456 g/mol. The second-order valence-corrected chi connectivity index (χ2v) is 10.4. The number of rotatable bonds is 10. The third-order valence-electron chi connectivity index (χ3n) is 4.68. The maximum Gasteiger partial charge on any atom is 0.280 e. The number of methoxy groups -OCH3 is 1. The van der Waals surface area contributed by atoms with Crippen LogP contribution in [0.25, 0.3) is 0 Å². The molecule has 1 atom stereocenters. The summed E-state index contributed by atoms with van der Waals surface area (Å²) in [6, 6.07) is 5.92. The van der Waals surface area contributed by atoms with Crippen LogP contribution in [0.15, 0.2) is 40.5 Å². The van der Waals surface area contributed by atoms with Gasteiger partial charge >= 0.3 is 0 Å². The van der Waals surface area contributed by atoms with E-state index in [2.05, 4.69) is 15.5 Å². The van der Waals surface area contributed by atoms with Gasteiger partial charge in [-0.25, -0.2) is 13.4 Å². The Morgan fingerprint density at radius 1 is 1.38 bits per heavy atom. The van der Waals surface area contributed by atoms with Gasteiger partial charge in [0, 0.05) is 43.8 Å². The first kappa shape index (κ1) is 24.3. The standard InChI is InChI=1S/C20H26N4O6S2/c1-14-12-21-20(31-14)22-19(25)18(23-30-16-8-10-29-13-16)15-4-6-17(7-5-15)32(26,27)24(2)9-11-28-3/h4-7,12,16H,8-11,13H2,1-3H3,(H,21,22,25)/b23-18+/t16-/m1/s1. The van der Waals surface area contributed by atoms with E-state index in [0.29, 0.717) is 30.3 Å². The summed E-state index contributed by atoms with van der Waals surface area (Å²) in [5.74, 6) is -0.508. The second kappa shape index (κ2) is 11.0. The van der Waals surface area contributed by atoms with Crippen LogP contribution in [0.3, 0.4) is 0 Å². The summed E-state index contributed by atoms with van der Waals surface area (Å²) in [5, 5.41) is 7.21. The van der Waals surface area contributed by atoms with Crippen LogP contribution in [0.2, 0.25) is 0 Å². The number of nitrogens with one attached hydrogen (secondary N) is 1. The Bertz CT molecular complexity index is 1050. The lowest BCUT2D eigenvalue weighted by Gasteiger charge is -2.17. The number of anilines is 1. The van der Waals surface area contributed by atoms with E-state index in [1.807, 2.05) is 6.92 Å². The molecule has 0 unspecified atom stereocenters. The van der Waals surface area contributed by atoms with Crippen molar-refractivity contribution in [2.75, 3.05) is 45.8 Å². The highest BCUT2D eigenvalue weighted by Crippen LogP contribution is 2.19. The fourth-order valence-electron chi connectivity index (χ4n) is 2.82. The van der Waals surface area contributed by atoms with Gasteiger partial charge in [-0.05, 0) is 19.1 Å². The molecule has 1 amide bonds. The summed E-state index contributed by atoms with van der Waals surface area (Å²) in [5.41, 5.74) is 0.426. The van der Waals surface area contributed by atoms with Crippen LogP contribution >= 0.6 is 11.3 Å². The van der Waals surface area contributed by atoms with Crippen LogP contribution in [0.5, 0.6) is 0 Å². The molecule has 1 aliphatic heterocycles. The third-order valence-corrected chi connectivity index (χ3v) is 7.38. The van der Waals surface area contributed by atoms with Gasteiger partial charge in [-0.1, -0.05) is 17.3 Å². The number of ether oxygens (including phenoxy) is 2. The van der Waals surface area contributed by atoms with Gasteiger partial charge in [0.25, 0.3) is 5.91 Å². The zero-order chi connectivity index (χ0) is 23.1. The zero-order valence-corrected chi connectivity index (χ0v) is 19.7. The fourth-order valence-corrected chi connectivity index (χ4v) is 4.64. The van der Waals surface area contributed by atoms with Crippen molar-refractivity contribution >= 4 is 38.1 Å². The molecule has 3 rings (SSSR count). The van der Waals surface area contributed by atoms with E-state index in [0.717, 1.165) is 4.88 Å². The van der Waals surface area contributed by atoms with Crippen molar-refractivity contribution < 1.29 is 27.5 Å². The van der Waals surface area contributed by atoms with Gasteiger partial charge in [-0.15, -0.1) is 11.3 Å². The number of hydrogen-bond acceptors (Lipinski definition) is 9. The number of likely N-dealkylation sites (N-methyl/N-ethyl adjacent to an activating group) is 1. The predicted molar refractivity (Wildman–Crippen MR) is 120 cm³/mol. The predicted octanol–water partition coefficient (Wildman–Crippen LogP) is 1.87. The number of hydrogen-bond donors (Lipinski definition) is 1. The summed E-state index contributed by atoms with van der Waals surface area (Å²) >= 11 is 1.33. The Kier molecular flexibility index (Phi) is 8.32. The Balaban J connectivity index is 1.83. The number of oxime groups is 1. The molecule has 2 heterocycles. The number of carbonyl (C=O) groups is 1. The van der Waals surface area contributed by atoms with Crippen molar-refractivity contribution in [1.82, 2.24) is 9.29 Å². The number of sulfonamides is 1. The van der Waals surface area contributed by atoms with Gasteiger partial charge in [-0.3, -0.25) is 10.1 Å². The van der Waals surface area contributed by atoms with Gasteiger partial charge in [0.2, 0.25) is 10.0 Å². The first-order chi connectivity index (χ1) is 15.3. The third kappa shape index (κ3) is 6.11. The van der Waals surface area contributed by atoms with Gasteiger partial charge in [0.15, 0.2) is 16.9 Å². The molecule has 1 aromatic carbocycles. The maximum atomic E-state index is 12.9. The highest BCUT2D eigenvalue weighted by molar-refractivity contribution is 7.89. The lowest BCUT2D eigenvalue weighted by atomic mass is 10.1. The summed E-state index contributed by atoms with van der Waals surface area (Å²) in [6.45, 7) is 3.36. The van der Waals surface area contributed by atoms with E-state index in [9.17, 15) is 13.2 Å². The van der Waals surface area contributed by atoms with E-state index in [1.54, 1.807) is 6.20 Å². The molecule has 1 aliphatic rings. The minimum absolute atomic E-state index is 0.0152. The summed E-state index contributed by atoms with van der Waals surface area (Å²) in [7, 11) is -0.698. The van der Waals surface area contributed by atoms with Gasteiger partial charge in [0.1, 0.15) is 0 Å². The zero-order valence-electron chi connectivity index (χ0n) is 18.1. The van der Waals surface area contributed by atoms with Crippen molar-refractivity contribution in [1.29, 1.82) is 0 Å². The van der Waals surface area contributed by atoms with Gasteiger partial charge < -0.3 is 14.3 Å². The first-order valence-corrected chi connectivity index (χ1v) is 12.2. The number of carbonyl (C=O) groups excluding carboxylic acids is 1. The highest BCUT2D eigenvalue weighted by atomic mass is 32.2. The molecule has 0 radical (unpaired) electrons.